The fourth-order valence-corrected chi connectivity index (χ4v) is 4.97. The Hall–Kier alpha value is -2.79. The minimum atomic E-state index is 0.490. The number of hydrogen-bond donors (Lipinski definition) is 2. The molecule has 0 aliphatic carbocycles. The van der Waals surface area contributed by atoms with E-state index in [0.717, 1.165) is 63.4 Å². The normalized spacial score (nSPS) is 14.2. The minimum Gasteiger partial charge on any atom is -0.355 e. The molecule has 1 fully saturated rings. The van der Waals surface area contributed by atoms with Gasteiger partial charge in [0, 0.05) is 46.7 Å². The zero-order valence-corrected chi connectivity index (χ0v) is 18.6. The van der Waals surface area contributed by atoms with Gasteiger partial charge in [-0.1, -0.05) is 30.5 Å². The standard InChI is InChI=1S/C23H21ClN6S/c1-3-13-7-15-5-6-16(8-18(15)26-10-13)31-23-28-21-19(20(24)17(4-2)27-21)22(29-23)30-11-14(9-25)12-30/h1,5-8,10,14H,4,9,11-12,25H2,2H3,(H,27,28,29). The molecule has 0 unspecified atom stereocenters. The number of anilines is 1. The summed E-state index contributed by atoms with van der Waals surface area (Å²) in [5.74, 6) is 3.98. The van der Waals surface area contributed by atoms with Crippen LogP contribution in [0, 0.1) is 18.3 Å². The van der Waals surface area contributed by atoms with Crippen LogP contribution in [0.25, 0.3) is 21.9 Å². The molecule has 4 heterocycles. The maximum Gasteiger partial charge on any atom is 0.196 e. The molecule has 0 spiro atoms. The number of terminal acetylenes is 1. The van der Waals surface area contributed by atoms with Gasteiger partial charge in [-0.25, -0.2) is 9.97 Å². The fourth-order valence-electron chi connectivity index (χ4n) is 3.83. The lowest BCUT2D eigenvalue weighted by Gasteiger charge is -2.39. The molecule has 1 aromatic carbocycles. The number of nitrogens with two attached hydrogens (primary N) is 1. The number of rotatable bonds is 5. The number of H-pyrrole nitrogens is 1. The van der Waals surface area contributed by atoms with Gasteiger partial charge in [0.05, 0.1) is 15.9 Å². The van der Waals surface area contributed by atoms with E-state index < -0.39 is 0 Å². The first kappa shape index (κ1) is 20.1. The van der Waals surface area contributed by atoms with Gasteiger partial charge in [-0.05, 0) is 42.9 Å². The number of halogens is 1. The average Bonchev–Trinajstić information content (AvgIpc) is 3.08. The molecule has 31 heavy (non-hydrogen) atoms. The van der Waals surface area contributed by atoms with E-state index in [4.69, 9.17) is 33.7 Å². The third-order valence-electron chi connectivity index (χ3n) is 5.60. The molecule has 156 valence electrons. The Balaban J connectivity index is 1.54. The smallest absolute Gasteiger partial charge is 0.196 e. The molecule has 1 aliphatic heterocycles. The SMILES string of the molecule is C#Cc1cnc2cc(Sc3nc(N4CC(CN)C4)c4c(Cl)c(CC)[nH]c4n3)ccc2c1. The highest BCUT2D eigenvalue weighted by molar-refractivity contribution is 7.99. The van der Waals surface area contributed by atoms with Crippen LogP contribution in [0.1, 0.15) is 18.2 Å². The Morgan fingerprint density at radius 3 is 2.90 bits per heavy atom. The number of aryl methyl sites for hydroxylation is 1. The summed E-state index contributed by atoms with van der Waals surface area (Å²) in [5, 5.41) is 3.27. The molecule has 6 nitrogen and oxygen atoms in total. The molecule has 3 N–H and O–H groups in total. The summed E-state index contributed by atoms with van der Waals surface area (Å²) < 4.78 is 0. The molecule has 0 bridgehead atoms. The van der Waals surface area contributed by atoms with Crippen LogP contribution in [0.15, 0.2) is 40.5 Å². The van der Waals surface area contributed by atoms with Crippen molar-refractivity contribution in [3.8, 4) is 12.3 Å². The predicted molar refractivity (Wildman–Crippen MR) is 127 cm³/mol. The molecule has 8 heteroatoms. The van der Waals surface area contributed by atoms with Crippen LogP contribution in [-0.4, -0.2) is 39.6 Å². The predicted octanol–water partition coefficient (Wildman–Crippen LogP) is 4.25. The fraction of sp³-hybridized carbons (Fsp3) is 0.261. The van der Waals surface area contributed by atoms with Crippen molar-refractivity contribution in [3.05, 3.63) is 46.7 Å². The van der Waals surface area contributed by atoms with E-state index in [1.807, 2.05) is 24.3 Å². The largest absolute Gasteiger partial charge is 0.355 e. The van der Waals surface area contributed by atoms with E-state index in [-0.39, 0.29) is 0 Å². The highest BCUT2D eigenvalue weighted by atomic mass is 35.5. The highest BCUT2D eigenvalue weighted by Gasteiger charge is 2.30. The van der Waals surface area contributed by atoms with Gasteiger partial charge in [0.1, 0.15) is 11.5 Å². The van der Waals surface area contributed by atoms with Crippen molar-refractivity contribution in [3.63, 3.8) is 0 Å². The van der Waals surface area contributed by atoms with E-state index in [0.29, 0.717) is 22.6 Å². The van der Waals surface area contributed by atoms with Gasteiger partial charge < -0.3 is 15.6 Å². The van der Waals surface area contributed by atoms with Gasteiger partial charge in [0.2, 0.25) is 0 Å². The van der Waals surface area contributed by atoms with Crippen LogP contribution < -0.4 is 10.6 Å². The van der Waals surface area contributed by atoms with Crippen LogP contribution in [0.4, 0.5) is 5.82 Å². The minimum absolute atomic E-state index is 0.490. The number of aromatic nitrogens is 4. The third-order valence-corrected chi connectivity index (χ3v) is 6.87. The number of pyridine rings is 1. The zero-order valence-electron chi connectivity index (χ0n) is 17.0. The van der Waals surface area contributed by atoms with Gasteiger partial charge in [0.25, 0.3) is 0 Å². The first-order valence-electron chi connectivity index (χ1n) is 10.2. The van der Waals surface area contributed by atoms with E-state index in [1.165, 1.54) is 11.8 Å². The summed E-state index contributed by atoms with van der Waals surface area (Å²) in [4.78, 5) is 20.7. The topological polar surface area (TPSA) is 83.7 Å². The van der Waals surface area contributed by atoms with Crippen molar-refractivity contribution in [1.29, 1.82) is 0 Å². The number of fused-ring (bicyclic) bond motifs is 2. The summed E-state index contributed by atoms with van der Waals surface area (Å²) in [5.41, 5.74) is 9.22. The van der Waals surface area contributed by atoms with Crippen molar-refractivity contribution in [2.75, 3.05) is 24.5 Å². The average molecular weight is 449 g/mol. The molecule has 0 radical (unpaired) electrons. The maximum atomic E-state index is 6.67. The number of hydrogen-bond acceptors (Lipinski definition) is 6. The van der Waals surface area contributed by atoms with Gasteiger partial charge in [-0.3, -0.25) is 4.98 Å². The van der Waals surface area contributed by atoms with E-state index in [9.17, 15) is 0 Å². The van der Waals surface area contributed by atoms with Crippen molar-refractivity contribution in [2.45, 2.75) is 23.4 Å². The van der Waals surface area contributed by atoms with E-state index in [1.54, 1.807) is 6.20 Å². The van der Waals surface area contributed by atoms with Crippen molar-refractivity contribution >= 4 is 51.1 Å². The van der Waals surface area contributed by atoms with Gasteiger partial charge >= 0.3 is 0 Å². The lowest BCUT2D eigenvalue weighted by Crippen LogP contribution is -2.50. The Bertz CT molecular complexity index is 1340. The van der Waals surface area contributed by atoms with Crippen LogP contribution in [-0.2, 0) is 6.42 Å². The summed E-state index contributed by atoms with van der Waals surface area (Å²) in [6.07, 6.45) is 7.99. The zero-order chi connectivity index (χ0) is 21.5. The number of nitrogens with zero attached hydrogens (tertiary/aromatic N) is 4. The van der Waals surface area contributed by atoms with Crippen LogP contribution in [0.5, 0.6) is 0 Å². The summed E-state index contributed by atoms with van der Waals surface area (Å²) >= 11 is 8.17. The van der Waals surface area contributed by atoms with Crippen molar-refractivity contribution < 1.29 is 0 Å². The van der Waals surface area contributed by atoms with Gasteiger partial charge in [-0.2, -0.15) is 0 Å². The van der Waals surface area contributed by atoms with Crippen molar-refractivity contribution in [2.24, 2.45) is 11.7 Å². The van der Waals surface area contributed by atoms with E-state index in [2.05, 4.69) is 27.7 Å². The highest BCUT2D eigenvalue weighted by Crippen LogP contribution is 2.38. The molecule has 0 saturated carbocycles. The molecule has 0 atom stereocenters. The second kappa shape index (κ2) is 8.04. The quantitative estimate of drug-likeness (QED) is 0.351. The Morgan fingerprint density at radius 1 is 1.32 bits per heavy atom. The molecular formula is C23H21ClN6S. The summed E-state index contributed by atoms with van der Waals surface area (Å²) in [7, 11) is 0. The molecule has 1 aliphatic rings. The molecule has 4 aromatic rings. The Labute approximate surface area is 189 Å². The monoisotopic (exact) mass is 448 g/mol. The third kappa shape index (κ3) is 3.61. The van der Waals surface area contributed by atoms with Gasteiger partial charge in [0.15, 0.2) is 5.16 Å². The second-order valence-electron chi connectivity index (χ2n) is 7.66. The summed E-state index contributed by atoms with van der Waals surface area (Å²) in [6, 6.07) is 8.05. The number of aromatic amines is 1. The van der Waals surface area contributed by atoms with Crippen LogP contribution >= 0.6 is 23.4 Å². The molecular weight excluding hydrogens is 428 g/mol. The first-order chi connectivity index (χ1) is 15.1. The second-order valence-corrected chi connectivity index (χ2v) is 9.07. The Morgan fingerprint density at radius 2 is 2.16 bits per heavy atom. The first-order valence-corrected chi connectivity index (χ1v) is 11.4. The van der Waals surface area contributed by atoms with Crippen molar-refractivity contribution in [1.82, 2.24) is 19.9 Å². The molecule has 3 aromatic heterocycles. The number of benzene rings is 1. The van der Waals surface area contributed by atoms with Crippen LogP contribution in [0.2, 0.25) is 5.02 Å². The number of nitrogens with one attached hydrogen (secondary N) is 1. The lowest BCUT2D eigenvalue weighted by molar-refractivity contribution is 0.417. The lowest BCUT2D eigenvalue weighted by atomic mass is 10.0. The summed E-state index contributed by atoms with van der Waals surface area (Å²) in [6.45, 7) is 4.51. The maximum absolute atomic E-state index is 6.67. The molecule has 0 amide bonds. The Kier molecular flexibility index (Phi) is 5.22. The molecule has 5 rings (SSSR count). The van der Waals surface area contributed by atoms with Crippen LogP contribution in [0.3, 0.4) is 0 Å². The molecule has 1 saturated heterocycles. The van der Waals surface area contributed by atoms with Gasteiger partial charge in [-0.15, -0.1) is 6.42 Å². The van der Waals surface area contributed by atoms with E-state index >= 15 is 0 Å².